The second-order valence-corrected chi connectivity index (χ2v) is 4.57. The first-order chi connectivity index (χ1) is 10.1. The van der Waals surface area contributed by atoms with E-state index in [0.29, 0.717) is 17.5 Å². The highest BCUT2D eigenvalue weighted by Crippen LogP contribution is 2.33. The molecule has 0 aliphatic carbocycles. The predicted octanol–water partition coefficient (Wildman–Crippen LogP) is 3.17. The summed E-state index contributed by atoms with van der Waals surface area (Å²) in [6, 6.07) is 10.3. The molecule has 2 aromatic rings. The molecule has 0 saturated heterocycles. The third-order valence-electron chi connectivity index (χ3n) is 2.92. The molecule has 5 nitrogen and oxygen atoms in total. The Balaban J connectivity index is 2.57. The van der Waals surface area contributed by atoms with Crippen LogP contribution in [0.2, 0.25) is 5.15 Å². The van der Waals surface area contributed by atoms with Gasteiger partial charge in [0.25, 0.3) is 0 Å². The molecule has 1 N–H and O–H groups in total. The van der Waals surface area contributed by atoms with Crippen molar-refractivity contribution < 1.29 is 14.6 Å². The average molecular weight is 303 g/mol. The van der Waals surface area contributed by atoms with Gasteiger partial charge in [0.05, 0.1) is 25.2 Å². The third-order valence-corrected chi connectivity index (χ3v) is 3.19. The van der Waals surface area contributed by atoms with Crippen molar-refractivity contribution in [1.29, 1.82) is 5.26 Å². The van der Waals surface area contributed by atoms with E-state index in [0.717, 1.165) is 5.56 Å². The Hall–Kier alpha value is -2.58. The van der Waals surface area contributed by atoms with Gasteiger partial charge in [-0.15, -0.1) is 0 Å². The largest absolute Gasteiger partial charge is 0.481 e. The zero-order valence-electron chi connectivity index (χ0n) is 11.1. The third kappa shape index (κ3) is 3.12. The molecular weight excluding hydrogens is 292 g/mol. The van der Waals surface area contributed by atoms with Gasteiger partial charge in [0.1, 0.15) is 5.15 Å². The zero-order chi connectivity index (χ0) is 15.4. The van der Waals surface area contributed by atoms with E-state index < -0.39 is 5.97 Å². The number of carboxylic acid groups (broad SMARTS) is 1. The van der Waals surface area contributed by atoms with Crippen LogP contribution in [0.4, 0.5) is 0 Å². The molecule has 0 fully saturated rings. The number of carboxylic acids is 1. The first-order valence-electron chi connectivity index (χ1n) is 6.01. The van der Waals surface area contributed by atoms with Gasteiger partial charge in [0.2, 0.25) is 5.88 Å². The molecule has 21 heavy (non-hydrogen) atoms. The highest BCUT2D eigenvalue weighted by Gasteiger charge is 2.18. The molecule has 0 radical (unpaired) electrons. The summed E-state index contributed by atoms with van der Waals surface area (Å²) in [7, 11) is 1.39. The molecule has 1 aromatic heterocycles. The minimum absolute atomic E-state index is 0.0138. The molecule has 0 aliphatic rings. The van der Waals surface area contributed by atoms with Crippen molar-refractivity contribution in [2.45, 2.75) is 6.42 Å². The highest BCUT2D eigenvalue weighted by atomic mass is 35.5. The smallest absolute Gasteiger partial charge is 0.336 e. The van der Waals surface area contributed by atoms with Gasteiger partial charge in [-0.2, -0.15) is 5.26 Å². The molecule has 0 bridgehead atoms. The van der Waals surface area contributed by atoms with Crippen molar-refractivity contribution >= 4 is 17.6 Å². The molecule has 0 atom stereocenters. The number of aromatic nitrogens is 1. The van der Waals surface area contributed by atoms with Crippen molar-refractivity contribution in [2.24, 2.45) is 0 Å². The van der Waals surface area contributed by atoms with Crippen LogP contribution in [0.5, 0.6) is 5.88 Å². The Morgan fingerprint density at radius 1 is 1.43 bits per heavy atom. The topological polar surface area (TPSA) is 83.2 Å². The quantitative estimate of drug-likeness (QED) is 0.877. The van der Waals surface area contributed by atoms with Crippen LogP contribution in [-0.2, 0) is 6.42 Å². The number of aromatic carboxylic acids is 1. The predicted molar refractivity (Wildman–Crippen MR) is 77.5 cm³/mol. The van der Waals surface area contributed by atoms with Gasteiger partial charge in [-0.3, -0.25) is 0 Å². The van der Waals surface area contributed by atoms with Gasteiger partial charge in [0, 0.05) is 11.6 Å². The van der Waals surface area contributed by atoms with Gasteiger partial charge in [0.15, 0.2) is 0 Å². The molecule has 0 spiro atoms. The molecule has 0 saturated carbocycles. The van der Waals surface area contributed by atoms with E-state index in [2.05, 4.69) is 11.1 Å². The number of methoxy groups -OCH3 is 1. The lowest BCUT2D eigenvalue weighted by Crippen LogP contribution is -2.03. The first-order valence-corrected chi connectivity index (χ1v) is 6.38. The van der Waals surface area contributed by atoms with Crippen LogP contribution in [0.3, 0.4) is 0 Å². The minimum Gasteiger partial charge on any atom is -0.481 e. The van der Waals surface area contributed by atoms with E-state index >= 15 is 0 Å². The second-order valence-electron chi connectivity index (χ2n) is 4.21. The Morgan fingerprint density at radius 3 is 2.62 bits per heavy atom. The molecule has 106 valence electrons. The number of pyridine rings is 1. The second kappa shape index (κ2) is 6.25. The van der Waals surface area contributed by atoms with E-state index in [1.54, 1.807) is 24.3 Å². The van der Waals surface area contributed by atoms with Crippen LogP contribution in [0, 0.1) is 11.3 Å². The number of rotatable bonds is 4. The van der Waals surface area contributed by atoms with Gasteiger partial charge < -0.3 is 9.84 Å². The number of carbonyl (C=O) groups is 1. The molecule has 0 amide bonds. The summed E-state index contributed by atoms with van der Waals surface area (Å²) in [5.41, 5.74) is 1.80. The molecule has 1 heterocycles. The van der Waals surface area contributed by atoms with E-state index in [1.807, 2.05) is 0 Å². The van der Waals surface area contributed by atoms with Crippen LogP contribution in [0.25, 0.3) is 11.1 Å². The number of nitriles is 1. The van der Waals surface area contributed by atoms with Crippen molar-refractivity contribution in [1.82, 2.24) is 4.98 Å². The number of halogens is 1. The van der Waals surface area contributed by atoms with E-state index in [9.17, 15) is 9.90 Å². The lowest BCUT2D eigenvalue weighted by molar-refractivity contribution is 0.0697. The van der Waals surface area contributed by atoms with Crippen LogP contribution in [0.15, 0.2) is 30.3 Å². The van der Waals surface area contributed by atoms with Gasteiger partial charge in [-0.1, -0.05) is 35.9 Å². The molecule has 2 rings (SSSR count). The SMILES string of the molecule is COc1cc(C(=O)O)c(-c2ccc(CC#N)cc2)c(Cl)n1. The summed E-state index contributed by atoms with van der Waals surface area (Å²) in [4.78, 5) is 15.4. The molecule has 0 aliphatic heterocycles. The average Bonchev–Trinajstić information content (AvgIpc) is 2.47. The summed E-state index contributed by atoms with van der Waals surface area (Å²) in [5, 5.41) is 18.0. The van der Waals surface area contributed by atoms with Crippen LogP contribution < -0.4 is 4.74 Å². The van der Waals surface area contributed by atoms with Crippen molar-refractivity contribution in [3.8, 4) is 23.1 Å². The lowest BCUT2D eigenvalue weighted by Gasteiger charge is -2.10. The summed E-state index contributed by atoms with van der Waals surface area (Å²) in [6.07, 6.45) is 0.292. The Kier molecular flexibility index (Phi) is 4.41. The Morgan fingerprint density at radius 2 is 2.10 bits per heavy atom. The standard InChI is InChI=1S/C15H11ClN2O3/c1-21-12-8-11(15(19)20)13(14(16)18-12)10-4-2-9(3-5-10)6-7-17/h2-5,8H,6H2,1H3,(H,19,20). The molecular formula is C15H11ClN2O3. The first kappa shape index (κ1) is 14.8. The monoisotopic (exact) mass is 302 g/mol. The van der Waals surface area contributed by atoms with E-state index in [-0.39, 0.29) is 16.6 Å². The number of hydrogen-bond acceptors (Lipinski definition) is 4. The fourth-order valence-electron chi connectivity index (χ4n) is 1.92. The van der Waals surface area contributed by atoms with Gasteiger partial charge >= 0.3 is 5.97 Å². The maximum Gasteiger partial charge on any atom is 0.336 e. The normalized spacial score (nSPS) is 9.95. The van der Waals surface area contributed by atoms with Crippen LogP contribution in [0.1, 0.15) is 15.9 Å². The van der Waals surface area contributed by atoms with Crippen LogP contribution in [-0.4, -0.2) is 23.2 Å². The summed E-state index contributed by atoms with van der Waals surface area (Å²) in [6.45, 7) is 0. The maximum absolute atomic E-state index is 11.4. The summed E-state index contributed by atoms with van der Waals surface area (Å²) < 4.78 is 4.93. The molecule has 6 heteroatoms. The molecule has 1 aromatic carbocycles. The highest BCUT2D eigenvalue weighted by molar-refractivity contribution is 6.33. The van der Waals surface area contributed by atoms with Crippen molar-refractivity contribution in [2.75, 3.05) is 7.11 Å². The van der Waals surface area contributed by atoms with Gasteiger partial charge in [-0.25, -0.2) is 9.78 Å². The number of hydrogen-bond donors (Lipinski definition) is 1. The number of benzene rings is 1. The number of nitrogens with zero attached hydrogens (tertiary/aromatic N) is 2. The minimum atomic E-state index is -1.12. The Labute approximate surface area is 126 Å². The summed E-state index contributed by atoms with van der Waals surface area (Å²) in [5.74, 6) is -0.976. The van der Waals surface area contributed by atoms with Gasteiger partial charge in [-0.05, 0) is 11.1 Å². The fraction of sp³-hybridized carbons (Fsp3) is 0.133. The van der Waals surface area contributed by atoms with Crippen molar-refractivity contribution in [3.63, 3.8) is 0 Å². The zero-order valence-corrected chi connectivity index (χ0v) is 11.9. The number of ether oxygens (including phenoxy) is 1. The Bertz CT molecular complexity index is 721. The van der Waals surface area contributed by atoms with Crippen LogP contribution >= 0.6 is 11.6 Å². The molecule has 0 unspecified atom stereocenters. The maximum atomic E-state index is 11.4. The van der Waals surface area contributed by atoms with Crippen molar-refractivity contribution in [3.05, 3.63) is 46.6 Å². The van der Waals surface area contributed by atoms with E-state index in [4.69, 9.17) is 21.6 Å². The lowest BCUT2D eigenvalue weighted by atomic mass is 10.00. The summed E-state index contributed by atoms with van der Waals surface area (Å²) >= 11 is 6.09. The van der Waals surface area contributed by atoms with E-state index in [1.165, 1.54) is 13.2 Å². The fourth-order valence-corrected chi connectivity index (χ4v) is 2.21.